The molecule has 82 valence electrons. The second-order valence-electron chi connectivity index (χ2n) is 2.90. The predicted octanol–water partition coefficient (Wildman–Crippen LogP) is 0.391. The molecule has 0 unspecified atom stereocenters. The lowest BCUT2D eigenvalue weighted by Gasteiger charge is -1.98. The summed E-state index contributed by atoms with van der Waals surface area (Å²) in [6.45, 7) is 0. The highest BCUT2D eigenvalue weighted by molar-refractivity contribution is 5.76. The van der Waals surface area contributed by atoms with E-state index in [0.29, 0.717) is 5.76 Å². The van der Waals surface area contributed by atoms with Crippen molar-refractivity contribution in [3.8, 4) is 0 Å². The summed E-state index contributed by atoms with van der Waals surface area (Å²) < 4.78 is 5.02. The maximum atomic E-state index is 11.0. The summed E-state index contributed by atoms with van der Waals surface area (Å²) in [5.41, 5.74) is 7.57. The average molecular weight is 219 g/mol. The van der Waals surface area contributed by atoms with Crippen molar-refractivity contribution >= 4 is 18.0 Å². The van der Waals surface area contributed by atoms with Gasteiger partial charge in [-0.15, -0.1) is 0 Å². The topological polar surface area (TPSA) is 109 Å². The number of furan rings is 1. The molecule has 2 aromatic heterocycles. The minimum Gasteiger partial charge on any atom is -0.463 e. The lowest BCUT2D eigenvalue weighted by molar-refractivity contribution is 0.560. The fraction of sp³-hybridized carbons (Fsp3) is 0. The van der Waals surface area contributed by atoms with E-state index in [2.05, 4.69) is 20.5 Å². The van der Waals surface area contributed by atoms with E-state index in [4.69, 9.17) is 10.2 Å². The number of hydrazone groups is 1. The van der Waals surface area contributed by atoms with Crippen molar-refractivity contribution < 1.29 is 4.42 Å². The molecule has 7 heteroatoms. The first-order chi connectivity index (χ1) is 7.74. The van der Waals surface area contributed by atoms with Gasteiger partial charge in [0, 0.05) is 6.07 Å². The van der Waals surface area contributed by atoms with Crippen LogP contribution in [0.5, 0.6) is 0 Å². The van der Waals surface area contributed by atoms with Gasteiger partial charge in [-0.2, -0.15) is 10.1 Å². The maximum absolute atomic E-state index is 11.0. The smallest absolute Gasteiger partial charge is 0.254 e. The zero-order valence-corrected chi connectivity index (χ0v) is 8.18. The van der Waals surface area contributed by atoms with E-state index in [1.165, 1.54) is 18.5 Å². The molecule has 0 fully saturated rings. The normalized spacial score (nSPS) is 10.8. The highest BCUT2D eigenvalue weighted by Gasteiger charge is 1.95. The molecular formula is C9H9N5O2. The van der Waals surface area contributed by atoms with Crippen molar-refractivity contribution in [1.82, 2.24) is 9.97 Å². The number of hydrogen-bond donors (Lipinski definition) is 3. The molecule has 0 aromatic carbocycles. The van der Waals surface area contributed by atoms with Gasteiger partial charge in [-0.3, -0.25) is 15.2 Å². The van der Waals surface area contributed by atoms with Crippen LogP contribution in [-0.4, -0.2) is 16.2 Å². The monoisotopic (exact) mass is 219 g/mol. The first kappa shape index (κ1) is 9.97. The van der Waals surface area contributed by atoms with Crippen molar-refractivity contribution in [3.63, 3.8) is 0 Å². The van der Waals surface area contributed by atoms with Crippen LogP contribution in [0.2, 0.25) is 0 Å². The molecule has 0 radical (unpaired) electrons. The van der Waals surface area contributed by atoms with E-state index < -0.39 is 0 Å². The van der Waals surface area contributed by atoms with Crippen LogP contribution >= 0.6 is 0 Å². The number of nitrogens with one attached hydrogen (secondary N) is 2. The number of H-pyrrole nitrogens is 1. The van der Waals surface area contributed by atoms with Crippen LogP contribution in [0.15, 0.2) is 38.8 Å². The van der Waals surface area contributed by atoms with E-state index in [1.54, 1.807) is 12.1 Å². The van der Waals surface area contributed by atoms with E-state index in [0.717, 1.165) is 0 Å². The summed E-state index contributed by atoms with van der Waals surface area (Å²) >= 11 is 0. The molecule has 0 spiro atoms. The van der Waals surface area contributed by atoms with E-state index in [-0.39, 0.29) is 17.3 Å². The lowest BCUT2D eigenvalue weighted by Crippen LogP contribution is -2.11. The van der Waals surface area contributed by atoms with Crippen LogP contribution in [0.3, 0.4) is 0 Å². The Bertz CT molecular complexity index is 543. The van der Waals surface area contributed by atoms with Gasteiger partial charge in [0.1, 0.15) is 5.76 Å². The Morgan fingerprint density at radius 2 is 2.50 bits per heavy atom. The number of hydrogen-bond acceptors (Lipinski definition) is 6. The number of aromatic amines is 1. The summed E-state index contributed by atoms with van der Waals surface area (Å²) in [5, 5.41) is 3.83. The summed E-state index contributed by atoms with van der Waals surface area (Å²) in [6.07, 6.45) is 2.99. The van der Waals surface area contributed by atoms with Crippen LogP contribution in [0.4, 0.5) is 11.8 Å². The Balaban J connectivity index is 2.07. The molecular weight excluding hydrogens is 210 g/mol. The van der Waals surface area contributed by atoms with Gasteiger partial charge in [-0.05, 0) is 12.1 Å². The van der Waals surface area contributed by atoms with Gasteiger partial charge in [-0.25, -0.2) is 0 Å². The largest absolute Gasteiger partial charge is 0.463 e. The molecule has 0 aliphatic heterocycles. The Labute approximate surface area is 90.0 Å². The predicted molar refractivity (Wildman–Crippen MR) is 59.2 cm³/mol. The van der Waals surface area contributed by atoms with Gasteiger partial charge in [0.05, 0.1) is 12.5 Å². The molecule has 4 N–H and O–H groups in total. The number of nitrogens with zero attached hydrogens (tertiary/aromatic N) is 2. The van der Waals surface area contributed by atoms with Gasteiger partial charge >= 0.3 is 0 Å². The van der Waals surface area contributed by atoms with Gasteiger partial charge < -0.3 is 10.2 Å². The Hall–Kier alpha value is -2.57. The number of nitrogen functional groups attached to an aromatic ring is 1. The summed E-state index contributed by atoms with van der Waals surface area (Å²) in [6, 6.07) is 4.73. The van der Waals surface area contributed by atoms with Crippen molar-refractivity contribution in [2.24, 2.45) is 5.10 Å². The average Bonchev–Trinajstić information content (AvgIpc) is 2.69. The Kier molecular flexibility index (Phi) is 2.68. The number of aromatic nitrogens is 2. The number of rotatable bonds is 3. The molecule has 0 aliphatic rings. The number of nitrogens with two attached hydrogens (primary N) is 1. The first-order valence-electron chi connectivity index (χ1n) is 4.43. The van der Waals surface area contributed by atoms with Crippen LogP contribution in [0.1, 0.15) is 5.76 Å². The second-order valence-corrected chi connectivity index (χ2v) is 2.90. The van der Waals surface area contributed by atoms with Gasteiger partial charge in [0.25, 0.3) is 5.56 Å². The van der Waals surface area contributed by atoms with Gasteiger partial charge in [-0.1, -0.05) is 0 Å². The molecule has 0 amide bonds. The zero-order valence-electron chi connectivity index (χ0n) is 8.18. The van der Waals surface area contributed by atoms with Crippen molar-refractivity contribution in [2.75, 3.05) is 11.2 Å². The van der Waals surface area contributed by atoms with E-state index in [9.17, 15) is 4.79 Å². The Morgan fingerprint density at radius 3 is 3.19 bits per heavy atom. The van der Waals surface area contributed by atoms with Crippen molar-refractivity contribution in [2.45, 2.75) is 0 Å². The molecule has 0 aliphatic carbocycles. The lowest BCUT2D eigenvalue weighted by atomic mass is 10.5. The molecule has 2 rings (SSSR count). The zero-order chi connectivity index (χ0) is 11.4. The number of anilines is 2. The Morgan fingerprint density at radius 1 is 1.62 bits per heavy atom. The second kappa shape index (κ2) is 4.30. The highest BCUT2D eigenvalue weighted by Crippen LogP contribution is 2.00. The first-order valence-corrected chi connectivity index (χ1v) is 4.43. The summed E-state index contributed by atoms with van der Waals surface area (Å²) in [4.78, 5) is 17.2. The molecule has 16 heavy (non-hydrogen) atoms. The molecule has 2 aromatic rings. The van der Waals surface area contributed by atoms with Gasteiger partial charge in [0.15, 0.2) is 5.82 Å². The third kappa shape index (κ3) is 2.47. The van der Waals surface area contributed by atoms with Crippen LogP contribution in [0, 0.1) is 0 Å². The maximum Gasteiger partial charge on any atom is 0.254 e. The SMILES string of the molecule is Nc1nc(N/N=C/c2ccco2)cc(=O)[nH]1. The van der Waals surface area contributed by atoms with E-state index >= 15 is 0 Å². The molecule has 0 saturated heterocycles. The summed E-state index contributed by atoms with van der Waals surface area (Å²) in [7, 11) is 0. The fourth-order valence-electron chi connectivity index (χ4n) is 1.06. The van der Waals surface area contributed by atoms with E-state index in [1.807, 2.05) is 0 Å². The molecule has 2 heterocycles. The minimum atomic E-state index is -0.344. The third-order valence-electron chi connectivity index (χ3n) is 1.67. The van der Waals surface area contributed by atoms with Crippen molar-refractivity contribution in [3.05, 3.63) is 40.6 Å². The summed E-state index contributed by atoms with van der Waals surface area (Å²) in [5.74, 6) is 0.887. The standard InChI is InChI=1S/C9H9N5O2/c10-9-12-7(4-8(15)13-9)14-11-5-6-2-1-3-16-6/h1-5H,(H4,10,12,13,14,15)/b11-5+. The minimum absolute atomic E-state index is 0.0307. The molecule has 0 atom stereocenters. The molecule has 0 bridgehead atoms. The quantitative estimate of drug-likeness (QED) is 0.511. The van der Waals surface area contributed by atoms with Crippen LogP contribution in [0.25, 0.3) is 0 Å². The van der Waals surface area contributed by atoms with Gasteiger partial charge in [0.2, 0.25) is 5.95 Å². The third-order valence-corrected chi connectivity index (χ3v) is 1.67. The molecule has 7 nitrogen and oxygen atoms in total. The van der Waals surface area contributed by atoms with Crippen LogP contribution in [-0.2, 0) is 0 Å². The highest BCUT2D eigenvalue weighted by atomic mass is 16.3. The van der Waals surface area contributed by atoms with Crippen molar-refractivity contribution in [1.29, 1.82) is 0 Å². The molecule has 0 saturated carbocycles. The fourth-order valence-corrected chi connectivity index (χ4v) is 1.06. The van der Waals surface area contributed by atoms with Crippen LogP contribution < -0.4 is 16.7 Å².